The zero-order chi connectivity index (χ0) is 18.1. The highest BCUT2D eigenvalue weighted by atomic mass is 32.2. The lowest BCUT2D eigenvalue weighted by Gasteiger charge is -2.19. The zero-order valence-electron chi connectivity index (χ0n) is 14.6. The van der Waals surface area contributed by atoms with Crippen LogP contribution in [0.4, 0.5) is 4.39 Å². The first-order valence-corrected chi connectivity index (χ1v) is 9.91. The van der Waals surface area contributed by atoms with E-state index in [9.17, 15) is 14.0 Å². The van der Waals surface area contributed by atoms with Gasteiger partial charge in [-0.25, -0.2) is 4.39 Å². The summed E-state index contributed by atoms with van der Waals surface area (Å²) in [4.78, 5) is 24.9. The number of carbonyl (C=O) groups excluding carboxylic acids is 2. The Kier molecular flexibility index (Phi) is 8.25. The van der Waals surface area contributed by atoms with E-state index < -0.39 is 12.1 Å². The van der Waals surface area contributed by atoms with E-state index in [4.69, 9.17) is 4.74 Å². The van der Waals surface area contributed by atoms with E-state index in [0.717, 1.165) is 30.6 Å². The molecule has 25 heavy (non-hydrogen) atoms. The van der Waals surface area contributed by atoms with Crippen molar-refractivity contribution in [3.05, 3.63) is 30.1 Å². The average Bonchev–Trinajstić information content (AvgIpc) is 2.85. The molecule has 4 nitrogen and oxygen atoms in total. The topological polar surface area (TPSA) is 55.4 Å². The van der Waals surface area contributed by atoms with Crippen LogP contribution in [0.15, 0.2) is 29.2 Å². The lowest BCUT2D eigenvalue weighted by molar-refractivity contribution is -0.154. The number of thioether (sulfide) groups is 1. The highest BCUT2D eigenvalue weighted by Gasteiger charge is 2.21. The minimum Gasteiger partial charge on any atom is -0.453 e. The SMILES string of the molecule is C[C@H](OC(=O)CCSc1ccc(F)cc1)C(=O)NC1CCCCCC1. The van der Waals surface area contributed by atoms with E-state index in [-0.39, 0.29) is 24.2 Å². The maximum Gasteiger partial charge on any atom is 0.307 e. The van der Waals surface area contributed by atoms with Crippen LogP contribution >= 0.6 is 11.8 Å². The van der Waals surface area contributed by atoms with Gasteiger partial charge in [-0.2, -0.15) is 0 Å². The van der Waals surface area contributed by atoms with Crippen molar-refractivity contribution in [1.29, 1.82) is 0 Å². The van der Waals surface area contributed by atoms with Crippen LogP contribution < -0.4 is 5.32 Å². The summed E-state index contributed by atoms with van der Waals surface area (Å²) in [5.41, 5.74) is 0. The molecule has 138 valence electrons. The van der Waals surface area contributed by atoms with Gasteiger partial charge in [-0.15, -0.1) is 11.8 Å². The van der Waals surface area contributed by atoms with E-state index in [2.05, 4.69) is 5.32 Å². The molecule has 1 aliphatic carbocycles. The summed E-state index contributed by atoms with van der Waals surface area (Å²) >= 11 is 1.46. The third-order valence-corrected chi connectivity index (χ3v) is 5.28. The average molecular weight is 367 g/mol. The number of hydrogen-bond donors (Lipinski definition) is 1. The van der Waals surface area contributed by atoms with Crippen LogP contribution in [0.25, 0.3) is 0 Å². The van der Waals surface area contributed by atoms with Crippen LogP contribution in [0.3, 0.4) is 0 Å². The molecule has 1 atom stereocenters. The lowest BCUT2D eigenvalue weighted by atomic mass is 10.1. The molecule has 0 saturated heterocycles. The molecule has 1 aromatic rings. The van der Waals surface area contributed by atoms with E-state index >= 15 is 0 Å². The van der Waals surface area contributed by atoms with E-state index in [1.54, 1.807) is 19.1 Å². The Balaban J connectivity index is 1.66. The largest absolute Gasteiger partial charge is 0.453 e. The first-order chi connectivity index (χ1) is 12.0. The van der Waals surface area contributed by atoms with Gasteiger partial charge in [-0.05, 0) is 44.0 Å². The molecule has 6 heteroatoms. The number of halogens is 1. The number of esters is 1. The maximum atomic E-state index is 12.8. The fraction of sp³-hybridized carbons (Fsp3) is 0.579. The number of ether oxygens (including phenoxy) is 1. The Morgan fingerprint density at radius 3 is 2.48 bits per heavy atom. The second-order valence-corrected chi connectivity index (χ2v) is 7.55. The summed E-state index contributed by atoms with van der Waals surface area (Å²) in [6.45, 7) is 1.61. The Bertz CT molecular complexity index is 556. The molecule has 1 aromatic carbocycles. The van der Waals surface area contributed by atoms with Gasteiger partial charge in [0.25, 0.3) is 5.91 Å². The van der Waals surface area contributed by atoms with Gasteiger partial charge in [0.2, 0.25) is 0 Å². The predicted molar refractivity (Wildman–Crippen MR) is 96.9 cm³/mol. The fourth-order valence-electron chi connectivity index (χ4n) is 2.83. The van der Waals surface area contributed by atoms with Crippen molar-refractivity contribution in [3.8, 4) is 0 Å². The maximum absolute atomic E-state index is 12.8. The zero-order valence-corrected chi connectivity index (χ0v) is 15.4. The summed E-state index contributed by atoms with van der Waals surface area (Å²) in [6.07, 6.45) is 6.17. The van der Waals surface area contributed by atoms with Crippen LogP contribution in [0.1, 0.15) is 51.9 Å². The van der Waals surface area contributed by atoms with Crippen molar-refractivity contribution in [2.75, 3.05) is 5.75 Å². The Morgan fingerprint density at radius 2 is 1.84 bits per heavy atom. The van der Waals surface area contributed by atoms with E-state index in [1.807, 2.05) is 0 Å². The predicted octanol–water partition coefficient (Wildman–Crippen LogP) is 4.08. The normalized spacial score (nSPS) is 16.7. The number of carbonyl (C=O) groups is 2. The van der Waals surface area contributed by atoms with Crippen molar-refractivity contribution in [2.45, 2.75) is 68.9 Å². The quantitative estimate of drug-likeness (QED) is 0.448. The monoisotopic (exact) mass is 367 g/mol. The molecular formula is C19H26FNO3S. The van der Waals surface area contributed by atoms with Crippen molar-refractivity contribution in [3.63, 3.8) is 0 Å². The molecule has 1 aliphatic rings. The van der Waals surface area contributed by atoms with Crippen LogP contribution in [-0.4, -0.2) is 29.8 Å². The molecule has 1 saturated carbocycles. The number of nitrogens with one attached hydrogen (secondary N) is 1. The van der Waals surface area contributed by atoms with Crippen molar-refractivity contribution in [2.24, 2.45) is 0 Å². The Morgan fingerprint density at radius 1 is 1.20 bits per heavy atom. The molecule has 0 aromatic heterocycles. The minimum absolute atomic E-state index is 0.199. The number of rotatable bonds is 7. The molecule has 0 radical (unpaired) electrons. The lowest BCUT2D eigenvalue weighted by Crippen LogP contribution is -2.41. The van der Waals surface area contributed by atoms with Gasteiger partial charge in [-0.1, -0.05) is 25.7 Å². The van der Waals surface area contributed by atoms with Crippen molar-refractivity contribution >= 4 is 23.6 Å². The molecule has 0 unspecified atom stereocenters. The van der Waals surface area contributed by atoms with Gasteiger partial charge in [0.15, 0.2) is 6.10 Å². The molecule has 0 bridgehead atoms. The van der Waals surface area contributed by atoms with Crippen molar-refractivity contribution in [1.82, 2.24) is 5.32 Å². The molecule has 2 rings (SSSR count). The third-order valence-electron chi connectivity index (χ3n) is 4.27. The van der Waals surface area contributed by atoms with Gasteiger partial charge in [0.05, 0.1) is 6.42 Å². The summed E-state index contributed by atoms with van der Waals surface area (Å²) in [7, 11) is 0. The standard InChI is InChI=1S/C19H26FNO3S/c1-14(19(23)21-16-6-4-2-3-5-7-16)24-18(22)12-13-25-17-10-8-15(20)9-11-17/h8-11,14,16H,2-7,12-13H2,1H3,(H,21,23)/t14-/m0/s1. The smallest absolute Gasteiger partial charge is 0.307 e. The first-order valence-electron chi connectivity index (χ1n) is 8.93. The van der Waals surface area contributed by atoms with E-state index in [1.165, 1.54) is 36.7 Å². The van der Waals surface area contributed by atoms with Crippen LogP contribution in [0.5, 0.6) is 0 Å². The van der Waals surface area contributed by atoms with Crippen LogP contribution in [-0.2, 0) is 14.3 Å². The van der Waals surface area contributed by atoms with Crippen molar-refractivity contribution < 1.29 is 18.7 Å². The van der Waals surface area contributed by atoms with Gasteiger partial charge >= 0.3 is 5.97 Å². The van der Waals surface area contributed by atoms with Crippen LogP contribution in [0, 0.1) is 5.82 Å². The highest BCUT2D eigenvalue weighted by Crippen LogP contribution is 2.19. The molecule has 0 heterocycles. The minimum atomic E-state index is -0.772. The highest BCUT2D eigenvalue weighted by molar-refractivity contribution is 7.99. The van der Waals surface area contributed by atoms with Crippen LogP contribution in [0.2, 0.25) is 0 Å². The first kappa shape index (κ1) is 19.8. The molecule has 0 aliphatic heterocycles. The van der Waals surface area contributed by atoms with Gasteiger partial charge < -0.3 is 10.1 Å². The molecule has 1 amide bonds. The van der Waals surface area contributed by atoms with Gasteiger partial charge in [0.1, 0.15) is 5.82 Å². The Hall–Kier alpha value is -1.56. The number of benzene rings is 1. The summed E-state index contributed by atoms with van der Waals surface area (Å²) < 4.78 is 18.0. The van der Waals surface area contributed by atoms with E-state index in [0.29, 0.717) is 5.75 Å². The second kappa shape index (κ2) is 10.4. The summed E-state index contributed by atoms with van der Waals surface area (Å²) in [5, 5.41) is 2.99. The molecule has 1 N–H and O–H groups in total. The number of amides is 1. The molecule has 1 fully saturated rings. The second-order valence-electron chi connectivity index (χ2n) is 6.38. The fourth-order valence-corrected chi connectivity index (χ4v) is 3.67. The molecular weight excluding hydrogens is 341 g/mol. The third kappa shape index (κ3) is 7.46. The van der Waals surface area contributed by atoms with Gasteiger partial charge in [0, 0.05) is 16.7 Å². The van der Waals surface area contributed by atoms with Gasteiger partial charge in [-0.3, -0.25) is 9.59 Å². The molecule has 0 spiro atoms. The Labute approximate surface area is 152 Å². The number of hydrogen-bond acceptors (Lipinski definition) is 4. The summed E-state index contributed by atoms with van der Waals surface area (Å²) in [5.74, 6) is -0.358. The summed E-state index contributed by atoms with van der Waals surface area (Å²) in [6, 6.07) is 6.33.